The molecule has 3 amide bonds. The summed E-state index contributed by atoms with van der Waals surface area (Å²) in [5.41, 5.74) is 0.868. The van der Waals surface area contributed by atoms with E-state index in [-0.39, 0.29) is 5.91 Å². The monoisotopic (exact) mass is 331 g/mol. The zero-order valence-electron chi connectivity index (χ0n) is 13.3. The zero-order chi connectivity index (χ0) is 16.7. The Morgan fingerprint density at radius 2 is 1.91 bits per heavy atom. The van der Waals surface area contributed by atoms with E-state index in [1.54, 1.807) is 11.3 Å². The molecule has 2 aromatic rings. The van der Waals surface area contributed by atoms with Crippen LogP contribution in [0, 0.1) is 0 Å². The third kappa shape index (κ3) is 4.64. The van der Waals surface area contributed by atoms with E-state index in [9.17, 15) is 9.59 Å². The second kappa shape index (κ2) is 8.45. The molecular weight excluding hydrogens is 310 g/mol. The first-order valence-electron chi connectivity index (χ1n) is 7.49. The number of thiophene rings is 1. The van der Waals surface area contributed by atoms with Crippen LogP contribution in [0.4, 0.5) is 4.79 Å². The molecule has 23 heavy (non-hydrogen) atoms. The largest absolute Gasteiger partial charge is 0.341 e. The first kappa shape index (κ1) is 17.2. The van der Waals surface area contributed by atoms with Gasteiger partial charge in [-0.25, -0.2) is 4.79 Å². The van der Waals surface area contributed by atoms with Crippen LogP contribution in [0.2, 0.25) is 0 Å². The molecule has 2 N–H and O–H groups in total. The highest BCUT2D eigenvalue weighted by molar-refractivity contribution is 7.09. The quantitative estimate of drug-likeness (QED) is 0.855. The number of hydrogen-bond acceptors (Lipinski definition) is 4. The Balaban J connectivity index is 2.27. The maximum Gasteiger partial charge on any atom is 0.321 e. The molecule has 0 radical (unpaired) electrons. The van der Waals surface area contributed by atoms with Gasteiger partial charge in [-0.15, -0.1) is 11.3 Å². The van der Waals surface area contributed by atoms with Gasteiger partial charge in [0.15, 0.2) is 0 Å². The summed E-state index contributed by atoms with van der Waals surface area (Å²) in [4.78, 5) is 27.4. The van der Waals surface area contributed by atoms with Crippen molar-refractivity contribution >= 4 is 23.3 Å². The molecule has 5 nitrogen and oxygen atoms in total. The molecule has 0 saturated heterocycles. The van der Waals surface area contributed by atoms with Gasteiger partial charge in [0.2, 0.25) is 5.91 Å². The maximum absolute atomic E-state index is 12.6. The van der Waals surface area contributed by atoms with Crippen molar-refractivity contribution in [1.82, 2.24) is 15.5 Å². The molecule has 122 valence electrons. The number of nitrogens with zero attached hydrogens (tertiary/aromatic N) is 1. The fourth-order valence-corrected chi connectivity index (χ4v) is 3.12. The lowest BCUT2D eigenvalue weighted by molar-refractivity contribution is -0.125. The number of urea groups is 1. The van der Waals surface area contributed by atoms with Crippen LogP contribution in [0.15, 0.2) is 47.8 Å². The van der Waals surface area contributed by atoms with E-state index in [0.29, 0.717) is 13.1 Å². The van der Waals surface area contributed by atoms with Gasteiger partial charge in [0.05, 0.1) is 0 Å². The van der Waals surface area contributed by atoms with Gasteiger partial charge in [-0.05, 0) is 23.6 Å². The lowest BCUT2D eigenvalue weighted by atomic mass is 10.0. The third-order valence-corrected chi connectivity index (χ3v) is 4.40. The van der Waals surface area contributed by atoms with Crippen LogP contribution in [-0.2, 0) is 11.3 Å². The van der Waals surface area contributed by atoms with Gasteiger partial charge in [0.1, 0.15) is 6.04 Å². The minimum Gasteiger partial charge on any atom is -0.341 e. The standard InChI is InChI=1S/C17H21N3O2S/c1-3-20(12-14-10-7-11-23-14)15(13-8-5-4-6-9-13)16(21)19-17(22)18-2/h4-11,15H,3,12H2,1-2H3,(H2,18,19,21,22)/t15-/m0/s1. The fraction of sp³-hybridized carbons (Fsp3) is 0.294. The van der Waals surface area contributed by atoms with Gasteiger partial charge >= 0.3 is 6.03 Å². The molecule has 1 aromatic carbocycles. The van der Waals surface area contributed by atoms with Crippen molar-refractivity contribution in [2.24, 2.45) is 0 Å². The summed E-state index contributed by atoms with van der Waals surface area (Å²) >= 11 is 1.66. The number of carbonyl (C=O) groups excluding carboxylic acids is 2. The van der Waals surface area contributed by atoms with Crippen LogP contribution in [0.1, 0.15) is 23.4 Å². The predicted molar refractivity (Wildman–Crippen MR) is 92.2 cm³/mol. The van der Waals surface area contributed by atoms with Crippen molar-refractivity contribution in [3.05, 3.63) is 58.3 Å². The van der Waals surface area contributed by atoms with E-state index in [1.807, 2.05) is 54.8 Å². The number of benzene rings is 1. The van der Waals surface area contributed by atoms with Crippen LogP contribution in [-0.4, -0.2) is 30.4 Å². The second-order valence-electron chi connectivity index (χ2n) is 5.02. The highest BCUT2D eigenvalue weighted by Gasteiger charge is 2.28. The summed E-state index contributed by atoms with van der Waals surface area (Å²) in [5.74, 6) is -0.325. The zero-order valence-corrected chi connectivity index (χ0v) is 14.1. The smallest absolute Gasteiger partial charge is 0.321 e. The van der Waals surface area contributed by atoms with Crippen LogP contribution in [0.25, 0.3) is 0 Å². The SMILES string of the molecule is CCN(Cc1cccs1)[C@H](C(=O)NC(=O)NC)c1ccccc1. The summed E-state index contributed by atoms with van der Waals surface area (Å²) in [7, 11) is 1.49. The average Bonchev–Trinajstić information content (AvgIpc) is 3.08. The van der Waals surface area contributed by atoms with Gasteiger partial charge in [-0.2, -0.15) is 0 Å². The normalized spacial score (nSPS) is 12.0. The molecule has 6 heteroatoms. The molecule has 0 aliphatic heterocycles. The molecule has 0 fully saturated rings. The Morgan fingerprint density at radius 1 is 1.17 bits per heavy atom. The van der Waals surface area contributed by atoms with Gasteiger partial charge in [-0.3, -0.25) is 15.0 Å². The van der Waals surface area contributed by atoms with Gasteiger partial charge in [0, 0.05) is 18.5 Å². The van der Waals surface area contributed by atoms with Crippen molar-refractivity contribution in [3.8, 4) is 0 Å². The minimum absolute atomic E-state index is 0.325. The van der Waals surface area contributed by atoms with E-state index < -0.39 is 12.1 Å². The number of carbonyl (C=O) groups is 2. The van der Waals surface area contributed by atoms with Gasteiger partial charge in [-0.1, -0.05) is 43.3 Å². The first-order valence-corrected chi connectivity index (χ1v) is 8.37. The molecule has 0 aliphatic carbocycles. The fourth-order valence-electron chi connectivity index (χ4n) is 2.39. The summed E-state index contributed by atoms with van der Waals surface area (Å²) in [6.07, 6.45) is 0. The van der Waals surface area contributed by atoms with Crippen LogP contribution in [0.3, 0.4) is 0 Å². The number of nitrogens with one attached hydrogen (secondary N) is 2. The lowest BCUT2D eigenvalue weighted by Crippen LogP contribution is -2.45. The van der Waals surface area contributed by atoms with Crippen molar-refractivity contribution in [2.45, 2.75) is 19.5 Å². The highest BCUT2D eigenvalue weighted by atomic mass is 32.1. The predicted octanol–water partition coefficient (Wildman–Crippen LogP) is 2.77. The van der Waals surface area contributed by atoms with E-state index in [0.717, 1.165) is 5.56 Å². The lowest BCUT2D eigenvalue weighted by Gasteiger charge is -2.29. The molecule has 0 unspecified atom stereocenters. The molecule has 0 saturated carbocycles. The maximum atomic E-state index is 12.6. The Hall–Kier alpha value is -2.18. The van der Waals surface area contributed by atoms with Crippen LogP contribution < -0.4 is 10.6 Å². The van der Waals surface area contributed by atoms with Crippen molar-refractivity contribution in [1.29, 1.82) is 0 Å². The summed E-state index contributed by atoms with van der Waals surface area (Å²) < 4.78 is 0. The van der Waals surface area contributed by atoms with Crippen molar-refractivity contribution < 1.29 is 9.59 Å². The molecule has 0 bridgehead atoms. The Morgan fingerprint density at radius 3 is 2.48 bits per heavy atom. The minimum atomic E-state index is -0.513. The number of hydrogen-bond donors (Lipinski definition) is 2. The topological polar surface area (TPSA) is 61.4 Å². The third-order valence-electron chi connectivity index (χ3n) is 3.54. The van der Waals surface area contributed by atoms with E-state index >= 15 is 0 Å². The summed E-state index contributed by atoms with van der Waals surface area (Å²) in [5, 5.41) is 6.83. The van der Waals surface area contributed by atoms with E-state index in [4.69, 9.17) is 0 Å². The second-order valence-corrected chi connectivity index (χ2v) is 6.06. The number of imide groups is 1. The molecular formula is C17H21N3O2S. The summed E-state index contributed by atoms with van der Waals surface area (Å²) in [6.45, 7) is 3.37. The van der Waals surface area contributed by atoms with Gasteiger partial charge in [0.25, 0.3) is 0 Å². The molecule has 2 rings (SSSR count). The van der Waals surface area contributed by atoms with Crippen molar-refractivity contribution in [2.75, 3.05) is 13.6 Å². The Kier molecular flexibility index (Phi) is 6.31. The molecule has 1 aromatic heterocycles. The number of likely N-dealkylation sites (N-methyl/N-ethyl adjacent to an activating group) is 1. The van der Waals surface area contributed by atoms with E-state index in [1.165, 1.54) is 11.9 Å². The van der Waals surface area contributed by atoms with Crippen LogP contribution in [0.5, 0.6) is 0 Å². The molecule has 1 heterocycles. The number of rotatable bonds is 6. The first-order chi connectivity index (χ1) is 11.2. The Bertz CT molecular complexity index is 629. The highest BCUT2D eigenvalue weighted by Crippen LogP contribution is 2.24. The molecule has 1 atom stereocenters. The van der Waals surface area contributed by atoms with Gasteiger partial charge < -0.3 is 5.32 Å². The van der Waals surface area contributed by atoms with E-state index in [2.05, 4.69) is 15.5 Å². The molecule has 0 spiro atoms. The average molecular weight is 331 g/mol. The van der Waals surface area contributed by atoms with Crippen LogP contribution >= 0.6 is 11.3 Å². The number of amides is 3. The van der Waals surface area contributed by atoms with Crippen molar-refractivity contribution in [3.63, 3.8) is 0 Å². The molecule has 0 aliphatic rings. The summed E-state index contributed by atoms with van der Waals surface area (Å²) in [6, 6.07) is 12.6. The Labute approximate surface area is 140 Å².